The van der Waals surface area contributed by atoms with Crippen molar-refractivity contribution in [3.8, 4) is 44.5 Å². The molecule has 176 valence electrons. The van der Waals surface area contributed by atoms with Gasteiger partial charge in [-0.25, -0.2) is 0 Å². The molecular weight excluding hydrogens is 432 g/mol. The van der Waals surface area contributed by atoms with Crippen molar-refractivity contribution in [1.29, 1.82) is 0 Å². The van der Waals surface area contributed by atoms with Gasteiger partial charge in [-0.05, 0) is 74.9 Å². The van der Waals surface area contributed by atoms with Gasteiger partial charge in [0.15, 0.2) is 0 Å². The summed E-state index contributed by atoms with van der Waals surface area (Å²) in [4.78, 5) is 0. The van der Waals surface area contributed by atoms with Crippen molar-refractivity contribution in [2.75, 3.05) is 0 Å². The van der Waals surface area contributed by atoms with E-state index in [1.807, 2.05) is 0 Å². The minimum atomic E-state index is 0.587. The molecule has 1 saturated carbocycles. The monoisotopic (exact) mass is 464 g/mol. The Bertz CT molecular complexity index is 1410. The predicted octanol–water partition coefficient (Wildman–Crippen LogP) is 10.4. The molecule has 6 rings (SSSR count). The zero-order valence-electron chi connectivity index (χ0n) is 20.7. The first-order valence-electron chi connectivity index (χ1n) is 13.3. The molecule has 1 aliphatic carbocycles. The Labute approximate surface area is 215 Å². The van der Waals surface area contributed by atoms with E-state index in [0.717, 1.165) is 0 Å². The molecule has 1 fully saturated rings. The van der Waals surface area contributed by atoms with Crippen LogP contribution in [0.5, 0.6) is 0 Å². The third-order valence-corrected chi connectivity index (χ3v) is 7.68. The summed E-state index contributed by atoms with van der Waals surface area (Å²) >= 11 is 0. The van der Waals surface area contributed by atoms with Crippen LogP contribution in [0, 0.1) is 0 Å². The van der Waals surface area contributed by atoms with Gasteiger partial charge in [-0.2, -0.15) is 0 Å². The number of hydrogen-bond acceptors (Lipinski definition) is 0. The molecular formula is C36H32. The molecule has 0 atom stereocenters. The van der Waals surface area contributed by atoms with Gasteiger partial charge in [0.05, 0.1) is 0 Å². The van der Waals surface area contributed by atoms with E-state index in [1.165, 1.54) is 82.2 Å². The summed E-state index contributed by atoms with van der Waals surface area (Å²) in [7, 11) is 0. The van der Waals surface area contributed by atoms with E-state index >= 15 is 0 Å². The normalized spacial score (nSPS) is 14.0. The summed E-state index contributed by atoms with van der Waals surface area (Å²) in [6.07, 6.45) is 6.54. The molecule has 0 bridgehead atoms. The van der Waals surface area contributed by atoms with Gasteiger partial charge >= 0.3 is 0 Å². The van der Waals surface area contributed by atoms with Crippen LogP contribution < -0.4 is 0 Å². The molecule has 0 spiro atoms. The van der Waals surface area contributed by atoms with Gasteiger partial charge in [-0.15, -0.1) is 0 Å². The fourth-order valence-electron chi connectivity index (χ4n) is 6.00. The van der Waals surface area contributed by atoms with E-state index in [-0.39, 0.29) is 0 Å². The van der Waals surface area contributed by atoms with E-state index in [9.17, 15) is 0 Å². The second-order valence-corrected chi connectivity index (χ2v) is 9.94. The lowest BCUT2D eigenvalue weighted by atomic mass is 9.74. The largest absolute Gasteiger partial charge is 0.0622 e. The molecule has 0 amide bonds. The SMILES string of the molecule is c1ccc(-c2cc(C3CCCCC3)c(-c3ccccc3)c(-c3ccccc3)c2-c2ccccc2)cc1. The first-order chi connectivity index (χ1) is 17.9. The topological polar surface area (TPSA) is 0 Å². The molecule has 0 saturated heterocycles. The number of rotatable bonds is 5. The van der Waals surface area contributed by atoms with Crippen molar-refractivity contribution >= 4 is 0 Å². The Morgan fingerprint density at radius 3 is 1.31 bits per heavy atom. The highest BCUT2D eigenvalue weighted by molar-refractivity contribution is 6.03. The van der Waals surface area contributed by atoms with E-state index < -0.39 is 0 Å². The molecule has 0 radical (unpaired) electrons. The first-order valence-corrected chi connectivity index (χ1v) is 13.3. The number of hydrogen-bond donors (Lipinski definition) is 0. The van der Waals surface area contributed by atoms with Crippen molar-refractivity contribution in [3.63, 3.8) is 0 Å². The summed E-state index contributed by atoms with van der Waals surface area (Å²) in [5.41, 5.74) is 12.1. The maximum Gasteiger partial charge on any atom is -0.00177 e. The van der Waals surface area contributed by atoms with E-state index in [1.54, 1.807) is 0 Å². The molecule has 0 N–H and O–H groups in total. The van der Waals surface area contributed by atoms with Crippen LogP contribution in [-0.4, -0.2) is 0 Å². The lowest BCUT2D eigenvalue weighted by Gasteiger charge is -2.30. The molecule has 0 aromatic heterocycles. The average molecular weight is 465 g/mol. The van der Waals surface area contributed by atoms with Crippen LogP contribution >= 0.6 is 0 Å². The van der Waals surface area contributed by atoms with Crippen LogP contribution in [-0.2, 0) is 0 Å². The zero-order valence-corrected chi connectivity index (χ0v) is 20.7. The number of benzene rings is 5. The van der Waals surface area contributed by atoms with Crippen molar-refractivity contribution in [2.45, 2.75) is 38.0 Å². The van der Waals surface area contributed by atoms with E-state index in [4.69, 9.17) is 0 Å². The lowest BCUT2D eigenvalue weighted by Crippen LogP contribution is -2.08. The van der Waals surface area contributed by atoms with Crippen molar-refractivity contribution in [3.05, 3.63) is 133 Å². The quantitative estimate of drug-likeness (QED) is 0.243. The third-order valence-electron chi connectivity index (χ3n) is 7.68. The molecule has 36 heavy (non-hydrogen) atoms. The molecule has 0 heterocycles. The summed E-state index contributed by atoms with van der Waals surface area (Å²) in [5, 5.41) is 0. The van der Waals surface area contributed by atoms with Crippen LogP contribution in [0.2, 0.25) is 0 Å². The smallest absolute Gasteiger partial charge is 0.00177 e. The second-order valence-electron chi connectivity index (χ2n) is 9.94. The maximum atomic E-state index is 2.54. The Morgan fingerprint density at radius 1 is 0.389 bits per heavy atom. The van der Waals surface area contributed by atoms with Crippen LogP contribution in [0.15, 0.2) is 127 Å². The minimum Gasteiger partial charge on any atom is -0.0622 e. The lowest BCUT2D eigenvalue weighted by molar-refractivity contribution is 0.444. The molecule has 0 heteroatoms. The molecule has 1 aliphatic rings. The van der Waals surface area contributed by atoms with Gasteiger partial charge in [0.2, 0.25) is 0 Å². The molecule has 0 nitrogen and oxygen atoms in total. The summed E-state index contributed by atoms with van der Waals surface area (Å²) in [5.74, 6) is 0.587. The predicted molar refractivity (Wildman–Crippen MR) is 154 cm³/mol. The van der Waals surface area contributed by atoms with Crippen LogP contribution in [0.25, 0.3) is 44.5 Å². The Kier molecular flexibility index (Phi) is 6.50. The van der Waals surface area contributed by atoms with Crippen molar-refractivity contribution < 1.29 is 0 Å². The highest BCUT2D eigenvalue weighted by atomic mass is 14.3. The van der Waals surface area contributed by atoms with Crippen LogP contribution in [0.1, 0.15) is 43.6 Å². The third kappa shape index (κ3) is 4.40. The van der Waals surface area contributed by atoms with Gasteiger partial charge in [0.1, 0.15) is 0 Å². The Hall–Kier alpha value is -3.90. The maximum absolute atomic E-state index is 2.54. The standard InChI is InChI=1S/C36H32/c1-6-16-27(17-7-1)32-26-33(28-18-8-2-9-19-28)35(30-22-12-4-13-23-30)36(31-24-14-5-15-25-31)34(32)29-20-10-3-11-21-29/h1,3-7,10-17,20-26,28H,2,8-9,18-19H2. The van der Waals surface area contributed by atoms with Gasteiger partial charge < -0.3 is 0 Å². The van der Waals surface area contributed by atoms with Crippen LogP contribution in [0.3, 0.4) is 0 Å². The molecule has 0 unspecified atom stereocenters. The fourth-order valence-corrected chi connectivity index (χ4v) is 6.00. The van der Waals surface area contributed by atoms with Gasteiger partial charge in [0, 0.05) is 0 Å². The van der Waals surface area contributed by atoms with Gasteiger partial charge in [0.25, 0.3) is 0 Å². The van der Waals surface area contributed by atoms with Crippen molar-refractivity contribution in [2.24, 2.45) is 0 Å². The fraction of sp³-hybridized carbons (Fsp3) is 0.167. The van der Waals surface area contributed by atoms with E-state index in [2.05, 4.69) is 127 Å². The van der Waals surface area contributed by atoms with Crippen molar-refractivity contribution in [1.82, 2.24) is 0 Å². The van der Waals surface area contributed by atoms with Crippen LogP contribution in [0.4, 0.5) is 0 Å². The second kappa shape index (κ2) is 10.4. The minimum absolute atomic E-state index is 0.587. The summed E-state index contributed by atoms with van der Waals surface area (Å²) in [6, 6.07) is 46.6. The first kappa shape index (κ1) is 22.6. The Morgan fingerprint density at radius 2 is 0.806 bits per heavy atom. The zero-order chi connectivity index (χ0) is 24.2. The van der Waals surface area contributed by atoms with E-state index in [0.29, 0.717) is 5.92 Å². The summed E-state index contributed by atoms with van der Waals surface area (Å²) < 4.78 is 0. The molecule has 0 aliphatic heterocycles. The highest BCUT2D eigenvalue weighted by Gasteiger charge is 2.27. The molecule has 5 aromatic carbocycles. The summed E-state index contributed by atoms with van der Waals surface area (Å²) in [6.45, 7) is 0. The Balaban J connectivity index is 1.78. The van der Waals surface area contributed by atoms with Gasteiger partial charge in [-0.3, -0.25) is 0 Å². The highest BCUT2D eigenvalue weighted by Crippen LogP contribution is 2.50. The molecule has 5 aromatic rings. The van der Waals surface area contributed by atoms with Gasteiger partial charge in [-0.1, -0.05) is 141 Å². The average Bonchev–Trinajstić information content (AvgIpc) is 2.98.